The molecule has 0 bridgehead atoms. The van der Waals surface area contributed by atoms with E-state index < -0.39 is 49.5 Å². The van der Waals surface area contributed by atoms with Crippen LogP contribution in [0.5, 0.6) is 0 Å². The summed E-state index contributed by atoms with van der Waals surface area (Å²) < 4.78 is 83.6. The number of allylic oxidation sites excluding steroid dienone is 1. The molecule has 0 amide bonds. The summed E-state index contributed by atoms with van der Waals surface area (Å²) in [6.45, 7) is 3.54. The molecule has 3 heterocycles. The monoisotopic (exact) mass is 532 g/mol. The van der Waals surface area contributed by atoms with E-state index in [2.05, 4.69) is 16.0 Å². The molecule has 2 unspecified atom stereocenters. The average molecular weight is 533 g/mol. The molecule has 2 atom stereocenters. The van der Waals surface area contributed by atoms with Crippen LogP contribution < -0.4 is 16.0 Å². The zero-order valence-corrected chi connectivity index (χ0v) is 20.9. The van der Waals surface area contributed by atoms with E-state index in [1.165, 1.54) is 0 Å². The van der Waals surface area contributed by atoms with Gasteiger partial charge in [-0.2, -0.15) is 26.3 Å². The number of nitrogens with one attached hydrogen (secondary N) is 3. The number of anilines is 2. The Kier molecular flexibility index (Phi) is 7.23. The number of hydrogen-bond donors (Lipinski definition) is 3. The van der Waals surface area contributed by atoms with Gasteiger partial charge in [-0.25, -0.2) is 4.98 Å². The second-order valence-electron chi connectivity index (χ2n) is 11.0. The van der Waals surface area contributed by atoms with Gasteiger partial charge in [0.1, 0.15) is 17.3 Å². The Morgan fingerprint density at radius 3 is 2.19 bits per heavy atom. The van der Waals surface area contributed by atoms with Gasteiger partial charge in [0, 0.05) is 18.5 Å². The van der Waals surface area contributed by atoms with E-state index >= 15 is 0 Å². The third-order valence-electron chi connectivity index (χ3n) is 7.87. The van der Waals surface area contributed by atoms with Gasteiger partial charge in [-0.1, -0.05) is 5.57 Å². The van der Waals surface area contributed by atoms with E-state index in [1.807, 2.05) is 17.6 Å². The second kappa shape index (κ2) is 10.1. The maximum atomic E-state index is 13.6. The Morgan fingerprint density at radius 2 is 1.59 bits per heavy atom. The van der Waals surface area contributed by atoms with Crippen molar-refractivity contribution in [2.24, 2.45) is 16.8 Å². The molecule has 12 heteroatoms. The van der Waals surface area contributed by atoms with Crippen molar-refractivity contribution in [1.82, 2.24) is 14.9 Å². The molecule has 1 aromatic rings. The van der Waals surface area contributed by atoms with Gasteiger partial charge in [-0.3, -0.25) is 9.56 Å². The number of alkyl halides is 6. The number of piperidine rings is 1. The molecule has 0 aromatic carbocycles. The van der Waals surface area contributed by atoms with Gasteiger partial charge >= 0.3 is 12.4 Å². The predicted octanol–water partition coefficient (Wildman–Crippen LogP) is 6.30. The number of aliphatic imine (C=N–C) groups is 1. The molecular weight excluding hydrogens is 498 g/mol. The molecule has 1 aromatic heterocycles. The van der Waals surface area contributed by atoms with Crippen LogP contribution >= 0.6 is 0 Å². The van der Waals surface area contributed by atoms with Gasteiger partial charge in [-0.15, -0.1) is 0 Å². The first-order valence-corrected chi connectivity index (χ1v) is 13.2. The van der Waals surface area contributed by atoms with E-state index in [9.17, 15) is 26.3 Å². The molecule has 2 aliphatic carbocycles. The Labute approximate surface area is 212 Å². The van der Waals surface area contributed by atoms with Gasteiger partial charge in [0.2, 0.25) is 5.95 Å². The minimum absolute atomic E-state index is 0.00299. The number of halogens is 6. The van der Waals surface area contributed by atoms with E-state index in [4.69, 9.17) is 9.98 Å². The van der Waals surface area contributed by atoms with Crippen LogP contribution in [0.1, 0.15) is 76.4 Å². The molecule has 3 fully saturated rings. The van der Waals surface area contributed by atoms with Crippen molar-refractivity contribution in [2.45, 2.75) is 95.2 Å². The average Bonchev–Trinajstić information content (AvgIpc) is 3.58. The lowest BCUT2D eigenvalue weighted by Crippen LogP contribution is -2.43. The number of nitrogens with zero attached hydrogens (tertiary/aromatic N) is 3. The van der Waals surface area contributed by atoms with Crippen LogP contribution in [0, 0.1) is 11.8 Å². The number of amidine groups is 1. The van der Waals surface area contributed by atoms with E-state index in [1.54, 1.807) is 0 Å². The molecule has 4 aliphatic rings. The van der Waals surface area contributed by atoms with Crippen molar-refractivity contribution in [3.8, 4) is 0 Å². The summed E-state index contributed by atoms with van der Waals surface area (Å²) in [4.78, 5) is 9.57. The fraction of sp³-hybridized carbons (Fsp3) is 0.760. The molecule has 0 spiro atoms. The molecular formula is C25H34F6N6. The Bertz CT molecular complexity index is 1010. The molecule has 2 aliphatic heterocycles. The van der Waals surface area contributed by atoms with Crippen LogP contribution in [0.25, 0.3) is 6.08 Å². The highest BCUT2D eigenvalue weighted by molar-refractivity contribution is 5.97. The topological polar surface area (TPSA) is 66.3 Å². The third kappa shape index (κ3) is 6.26. The van der Waals surface area contributed by atoms with Crippen LogP contribution in [-0.4, -0.2) is 52.9 Å². The predicted molar refractivity (Wildman–Crippen MR) is 131 cm³/mol. The number of hydrogen-bond acceptors (Lipinski definition) is 4. The van der Waals surface area contributed by atoms with Gasteiger partial charge < -0.3 is 16.0 Å². The first-order chi connectivity index (χ1) is 17.5. The zero-order chi connectivity index (χ0) is 26.4. The van der Waals surface area contributed by atoms with Crippen LogP contribution in [-0.2, 0) is 0 Å². The van der Waals surface area contributed by atoms with Crippen LogP contribution in [0.15, 0.2) is 10.6 Å². The molecule has 5 rings (SSSR count). The molecule has 2 saturated carbocycles. The van der Waals surface area contributed by atoms with Crippen molar-refractivity contribution < 1.29 is 26.3 Å². The first kappa shape index (κ1) is 26.4. The summed E-state index contributed by atoms with van der Waals surface area (Å²) in [6, 6.07) is -0.683. The molecule has 37 heavy (non-hydrogen) atoms. The minimum atomic E-state index is -4.68. The lowest BCUT2D eigenvalue weighted by atomic mass is 9.78. The van der Waals surface area contributed by atoms with Crippen molar-refractivity contribution in [3.63, 3.8) is 0 Å². The van der Waals surface area contributed by atoms with Crippen molar-refractivity contribution in [3.05, 3.63) is 11.3 Å². The number of aromatic nitrogens is 2. The van der Waals surface area contributed by atoms with Crippen LogP contribution in [0.3, 0.4) is 0 Å². The Balaban J connectivity index is 1.51. The largest absolute Gasteiger partial charge is 0.391 e. The Morgan fingerprint density at radius 1 is 0.946 bits per heavy atom. The van der Waals surface area contributed by atoms with E-state index in [0.717, 1.165) is 63.0 Å². The number of imidazole rings is 1. The van der Waals surface area contributed by atoms with Crippen LogP contribution in [0.4, 0.5) is 38.1 Å². The van der Waals surface area contributed by atoms with Gasteiger partial charge in [0.05, 0.1) is 17.9 Å². The summed E-state index contributed by atoms with van der Waals surface area (Å²) in [5, 5.41) is 9.84. The van der Waals surface area contributed by atoms with Gasteiger partial charge in [-0.05, 0) is 77.5 Å². The fourth-order valence-corrected chi connectivity index (χ4v) is 5.69. The van der Waals surface area contributed by atoms with Crippen molar-refractivity contribution in [2.75, 3.05) is 23.7 Å². The van der Waals surface area contributed by atoms with Crippen molar-refractivity contribution in [1.29, 1.82) is 0 Å². The standard InChI is InChI=1S/C25H34F6N6/c1-14-2-5-21(33-17-3-4-17)36-22-20(10-14)35-23(37(22)19-6-8-32-9-7-19)34-18-12-15(24(26,27)28)11-16(13-18)25(29,30)31/h10,15-19,32H,2-9,11-13H2,1H3,(H,33,36)(H,34,35). The summed E-state index contributed by atoms with van der Waals surface area (Å²) in [7, 11) is 0. The highest BCUT2D eigenvalue weighted by Gasteiger charge is 2.52. The summed E-state index contributed by atoms with van der Waals surface area (Å²) in [5.41, 5.74) is 1.73. The third-order valence-corrected chi connectivity index (χ3v) is 7.87. The SMILES string of the molecule is CC1=Cc2nc(NC3CC(C(F)(F)F)CC(C(F)(F)F)C3)n(C3CCNCC3)c2NC(=NC2CC2)CC1. The highest BCUT2D eigenvalue weighted by Crippen LogP contribution is 2.46. The number of fused-ring (bicyclic) bond motifs is 1. The first-order valence-electron chi connectivity index (χ1n) is 13.2. The quantitative estimate of drug-likeness (QED) is 0.399. The van der Waals surface area contributed by atoms with E-state index in [-0.39, 0.29) is 6.04 Å². The minimum Gasteiger partial charge on any atom is -0.353 e. The maximum absolute atomic E-state index is 13.6. The van der Waals surface area contributed by atoms with Gasteiger partial charge in [0.15, 0.2) is 0 Å². The molecule has 3 N–H and O–H groups in total. The molecule has 6 nitrogen and oxygen atoms in total. The normalized spacial score (nSPS) is 29.2. The summed E-state index contributed by atoms with van der Waals surface area (Å²) in [6.07, 6.45) is -3.95. The number of rotatable bonds is 4. The molecule has 1 saturated heterocycles. The maximum Gasteiger partial charge on any atom is 0.391 e. The highest BCUT2D eigenvalue weighted by atomic mass is 19.4. The lowest BCUT2D eigenvalue weighted by molar-refractivity contribution is -0.223. The van der Waals surface area contributed by atoms with Crippen LogP contribution in [0.2, 0.25) is 0 Å². The smallest absolute Gasteiger partial charge is 0.353 e. The molecule has 206 valence electrons. The van der Waals surface area contributed by atoms with Gasteiger partial charge in [0.25, 0.3) is 0 Å². The molecule has 0 radical (unpaired) electrons. The van der Waals surface area contributed by atoms with E-state index in [0.29, 0.717) is 23.5 Å². The summed E-state index contributed by atoms with van der Waals surface area (Å²) >= 11 is 0. The lowest BCUT2D eigenvalue weighted by Gasteiger charge is -2.37. The van der Waals surface area contributed by atoms with Crippen molar-refractivity contribution >= 4 is 23.7 Å². The fourth-order valence-electron chi connectivity index (χ4n) is 5.69. The zero-order valence-electron chi connectivity index (χ0n) is 20.9. The second-order valence-corrected chi connectivity index (χ2v) is 11.0. The Hall–Kier alpha value is -2.24. The summed E-state index contributed by atoms with van der Waals surface area (Å²) in [5.74, 6) is -2.12.